The molecule has 0 bridgehead atoms. The van der Waals surface area contributed by atoms with Gasteiger partial charge >= 0.3 is 0 Å². The molecule has 4 rings (SSSR count). The highest BCUT2D eigenvalue weighted by Gasteiger charge is 2.17. The minimum atomic E-state index is -0.109. The smallest absolute Gasteiger partial charge is 0.234 e. The average molecular weight is 483 g/mol. The summed E-state index contributed by atoms with van der Waals surface area (Å²) in [7, 11) is 0. The Bertz CT molecular complexity index is 1160. The molecule has 4 aromatic rings. The number of rotatable bonds is 7. The third-order valence-corrected chi connectivity index (χ3v) is 5.79. The minimum absolute atomic E-state index is 0.109. The van der Waals surface area contributed by atoms with Crippen LogP contribution in [0.4, 0.5) is 5.69 Å². The molecule has 0 aliphatic rings. The van der Waals surface area contributed by atoms with Gasteiger partial charge < -0.3 is 9.73 Å². The molecule has 30 heavy (non-hydrogen) atoms. The summed E-state index contributed by atoms with van der Waals surface area (Å²) in [5, 5.41) is 12.3. The Morgan fingerprint density at radius 2 is 2.00 bits per heavy atom. The highest BCUT2D eigenvalue weighted by molar-refractivity contribution is 9.10. The number of carbonyl (C=O) groups is 1. The number of furan rings is 1. The van der Waals surface area contributed by atoms with Crippen LogP contribution in [0.3, 0.4) is 0 Å². The number of thioether (sulfide) groups is 1. The number of nitrogens with one attached hydrogen (secondary N) is 1. The van der Waals surface area contributed by atoms with Crippen molar-refractivity contribution < 1.29 is 9.21 Å². The van der Waals surface area contributed by atoms with Gasteiger partial charge in [-0.25, -0.2) is 0 Å². The fourth-order valence-electron chi connectivity index (χ4n) is 2.99. The van der Waals surface area contributed by atoms with E-state index in [-0.39, 0.29) is 11.7 Å². The zero-order chi connectivity index (χ0) is 20.9. The Morgan fingerprint density at radius 3 is 2.77 bits per heavy atom. The second kappa shape index (κ2) is 9.32. The molecular weight excluding hydrogens is 464 g/mol. The van der Waals surface area contributed by atoms with Crippen LogP contribution in [0, 0.1) is 6.92 Å². The van der Waals surface area contributed by atoms with Gasteiger partial charge in [0, 0.05) is 15.7 Å². The summed E-state index contributed by atoms with van der Waals surface area (Å²) < 4.78 is 8.41. The summed E-state index contributed by atoms with van der Waals surface area (Å²) in [5.41, 5.74) is 2.86. The standard InChI is InChI=1S/C22H19BrN4O2S/c1-15-5-2-6-16(11-15)21-25-26-22(27(21)13-19-9-4-10-29-19)30-14-20(28)24-18-8-3-7-17(23)12-18/h2-12H,13-14H2,1H3,(H,24,28). The van der Waals surface area contributed by atoms with Gasteiger partial charge in [-0.3, -0.25) is 9.36 Å². The van der Waals surface area contributed by atoms with E-state index in [1.165, 1.54) is 11.8 Å². The number of aromatic nitrogens is 3. The molecule has 0 spiro atoms. The molecule has 0 atom stereocenters. The van der Waals surface area contributed by atoms with Crippen molar-refractivity contribution in [1.82, 2.24) is 14.8 Å². The maximum absolute atomic E-state index is 12.4. The molecule has 0 saturated carbocycles. The molecule has 2 aromatic carbocycles. The highest BCUT2D eigenvalue weighted by Crippen LogP contribution is 2.26. The summed E-state index contributed by atoms with van der Waals surface area (Å²) in [6, 6.07) is 19.4. The number of hydrogen-bond donors (Lipinski definition) is 1. The Kier molecular flexibility index (Phi) is 6.35. The van der Waals surface area contributed by atoms with Gasteiger partial charge in [0.15, 0.2) is 11.0 Å². The Balaban J connectivity index is 1.54. The van der Waals surface area contributed by atoms with E-state index in [2.05, 4.69) is 37.5 Å². The van der Waals surface area contributed by atoms with Crippen LogP contribution in [0.2, 0.25) is 0 Å². The molecule has 0 fully saturated rings. The second-order valence-electron chi connectivity index (χ2n) is 6.69. The van der Waals surface area contributed by atoms with E-state index in [1.54, 1.807) is 6.26 Å². The monoisotopic (exact) mass is 482 g/mol. The zero-order valence-electron chi connectivity index (χ0n) is 16.2. The van der Waals surface area contributed by atoms with E-state index < -0.39 is 0 Å². The third kappa shape index (κ3) is 5.01. The second-order valence-corrected chi connectivity index (χ2v) is 8.55. The van der Waals surface area contributed by atoms with Crippen molar-refractivity contribution in [3.63, 3.8) is 0 Å². The van der Waals surface area contributed by atoms with Crippen molar-refractivity contribution in [3.05, 3.63) is 82.7 Å². The van der Waals surface area contributed by atoms with Crippen molar-refractivity contribution in [1.29, 1.82) is 0 Å². The first-order chi connectivity index (χ1) is 14.6. The molecule has 0 radical (unpaired) electrons. The van der Waals surface area contributed by atoms with Crippen LogP contribution < -0.4 is 5.32 Å². The van der Waals surface area contributed by atoms with E-state index in [9.17, 15) is 4.79 Å². The molecule has 1 N–H and O–H groups in total. The lowest BCUT2D eigenvalue weighted by Crippen LogP contribution is -2.14. The van der Waals surface area contributed by atoms with Gasteiger partial charge in [-0.1, -0.05) is 57.5 Å². The number of anilines is 1. The summed E-state index contributed by atoms with van der Waals surface area (Å²) in [6.07, 6.45) is 1.64. The molecule has 0 unspecified atom stereocenters. The molecular formula is C22H19BrN4O2S. The van der Waals surface area contributed by atoms with Crippen molar-refractivity contribution in [2.45, 2.75) is 18.6 Å². The average Bonchev–Trinajstić information content (AvgIpc) is 3.37. The molecule has 152 valence electrons. The van der Waals surface area contributed by atoms with Crippen LogP contribution in [0.1, 0.15) is 11.3 Å². The molecule has 0 aliphatic heterocycles. The SMILES string of the molecule is Cc1cccc(-c2nnc(SCC(=O)Nc3cccc(Br)c3)n2Cc2ccco2)c1. The number of aryl methyl sites for hydroxylation is 1. The minimum Gasteiger partial charge on any atom is -0.467 e. The van der Waals surface area contributed by atoms with Gasteiger partial charge in [0.25, 0.3) is 0 Å². The van der Waals surface area contributed by atoms with Crippen molar-refractivity contribution >= 4 is 39.3 Å². The lowest BCUT2D eigenvalue weighted by molar-refractivity contribution is -0.113. The number of hydrogen-bond acceptors (Lipinski definition) is 5. The topological polar surface area (TPSA) is 73.0 Å². The highest BCUT2D eigenvalue weighted by atomic mass is 79.9. The predicted octanol–water partition coefficient (Wildman–Crippen LogP) is 5.39. The molecule has 0 saturated heterocycles. The van der Waals surface area contributed by atoms with E-state index in [4.69, 9.17) is 4.42 Å². The zero-order valence-corrected chi connectivity index (χ0v) is 18.6. The van der Waals surface area contributed by atoms with Crippen LogP contribution >= 0.6 is 27.7 Å². The third-order valence-electron chi connectivity index (χ3n) is 4.33. The quantitative estimate of drug-likeness (QED) is 0.357. The van der Waals surface area contributed by atoms with E-state index in [1.807, 2.05) is 66.1 Å². The summed E-state index contributed by atoms with van der Waals surface area (Å²) in [6.45, 7) is 2.53. The molecule has 2 heterocycles. The van der Waals surface area contributed by atoms with E-state index in [0.29, 0.717) is 11.7 Å². The fraction of sp³-hybridized carbons (Fsp3) is 0.136. The Hall–Kier alpha value is -2.84. The van der Waals surface area contributed by atoms with Crippen LogP contribution in [0.25, 0.3) is 11.4 Å². The fourth-order valence-corrected chi connectivity index (χ4v) is 4.12. The number of carbonyl (C=O) groups excluding carboxylic acids is 1. The maximum atomic E-state index is 12.4. The van der Waals surface area contributed by atoms with Crippen LogP contribution in [0.5, 0.6) is 0 Å². The lowest BCUT2D eigenvalue weighted by Gasteiger charge is -2.10. The van der Waals surface area contributed by atoms with Crippen LogP contribution in [-0.4, -0.2) is 26.4 Å². The van der Waals surface area contributed by atoms with E-state index in [0.717, 1.165) is 32.9 Å². The summed E-state index contributed by atoms with van der Waals surface area (Å²) in [4.78, 5) is 12.4. The molecule has 6 nitrogen and oxygen atoms in total. The number of nitrogens with zero attached hydrogens (tertiary/aromatic N) is 3. The Morgan fingerprint density at radius 1 is 1.13 bits per heavy atom. The molecule has 2 aromatic heterocycles. The number of halogens is 1. The number of amides is 1. The first-order valence-electron chi connectivity index (χ1n) is 9.29. The summed E-state index contributed by atoms with van der Waals surface area (Å²) >= 11 is 4.75. The van der Waals surface area contributed by atoms with E-state index >= 15 is 0 Å². The Labute approximate surface area is 186 Å². The molecule has 1 amide bonds. The predicted molar refractivity (Wildman–Crippen MR) is 122 cm³/mol. The number of benzene rings is 2. The molecule has 8 heteroatoms. The maximum Gasteiger partial charge on any atom is 0.234 e. The first-order valence-corrected chi connectivity index (χ1v) is 11.1. The van der Waals surface area contributed by atoms with Gasteiger partial charge in [0.05, 0.1) is 18.6 Å². The first kappa shape index (κ1) is 20.4. The van der Waals surface area contributed by atoms with Crippen LogP contribution in [0.15, 0.2) is 81.0 Å². The van der Waals surface area contributed by atoms with Gasteiger partial charge in [-0.05, 0) is 43.3 Å². The normalized spacial score (nSPS) is 10.9. The lowest BCUT2D eigenvalue weighted by atomic mass is 10.1. The summed E-state index contributed by atoms with van der Waals surface area (Å²) in [5.74, 6) is 1.65. The van der Waals surface area contributed by atoms with Gasteiger partial charge in [-0.15, -0.1) is 10.2 Å². The van der Waals surface area contributed by atoms with Gasteiger partial charge in [0.2, 0.25) is 5.91 Å². The van der Waals surface area contributed by atoms with Gasteiger partial charge in [0.1, 0.15) is 5.76 Å². The molecule has 0 aliphatic carbocycles. The van der Waals surface area contributed by atoms with Crippen molar-refractivity contribution in [2.75, 3.05) is 11.1 Å². The van der Waals surface area contributed by atoms with Crippen molar-refractivity contribution in [2.24, 2.45) is 0 Å². The van der Waals surface area contributed by atoms with Crippen molar-refractivity contribution in [3.8, 4) is 11.4 Å². The van der Waals surface area contributed by atoms with Crippen LogP contribution in [-0.2, 0) is 11.3 Å². The van der Waals surface area contributed by atoms with Gasteiger partial charge in [-0.2, -0.15) is 0 Å². The largest absolute Gasteiger partial charge is 0.467 e.